The van der Waals surface area contributed by atoms with Gasteiger partial charge in [-0.05, 0) is 30.7 Å². The number of rotatable bonds is 2. The third kappa shape index (κ3) is 2.85. The lowest BCUT2D eigenvalue weighted by Gasteiger charge is -2.17. The van der Waals surface area contributed by atoms with E-state index in [0.717, 1.165) is 29.5 Å². The van der Waals surface area contributed by atoms with Crippen molar-refractivity contribution in [1.82, 2.24) is 9.97 Å². The van der Waals surface area contributed by atoms with Gasteiger partial charge in [-0.2, -0.15) is 0 Å². The molecule has 0 saturated carbocycles. The van der Waals surface area contributed by atoms with E-state index < -0.39 is 0 Å². The SMILES string of the molecule is CN=C(N)SCc1nc2sc3c(c2c(=O)[nH]1)CC[C@@H](C)C3. The van der Waals surface area contributed by atoms with Crippen LogP contribution in [-0.4, -0.2) is 22.2 Å². The molecule has 1 atom stereocenters. The molecule has 7 heteroatoms. The fraction of sp³-hybridized carbons (Fsp3) is 0.500. The number of amidine groups is 1. The Bertz CT molecular complexity index is 762. The third-order valence-electron chi connectivity index (χ3n) is 3.79. The summed E-state index contributed by atoms with van der Waals surface area (Å²) >= 11 is 3.05. The van der Waals surface area contributed by atoms with Crippen molar-refractivity contribution in [3.05, 3.63) is 26.6 Å². The van der Waals surface area contributed by atoms with Gasteiger partial charge >= 0.3 is 0 Å². The van der Waals surface area contributed by atoms with Crippen LogP contribution >= 0.6 is 23.1 Å². The maximum absolute atomic E-state index is 12.4. The Morgan fingerprint density at radius 2 is 2.43 bits per heavy atom. The zero-order chi connectivity index (χ0) is 15.0. The lowest BCUT2D eigenvalue weighted by Crippen LogP contribution is -2.15. The maximum atomic E-state index is 12.4. The second-order valence-corrected chi connectivity index (χ2v) is 7.47. The molecule has 112 valence electrons. The number of nitrogens with two attached hydrogens (primary N) is 1. The smallest absolute Gasteiger partial charge is 0.259 e. The Hall–Kier alpha value is -1.34. The van der Waals surface area contributed by atoms with Crippen molar-refractivity contribution in [2.75, 3.05) is 7.05 Å². The molecule has 2 heterocycles. The van der Waals surface area contributed by atoms with Crippen LogP contribution in [0.2, 0.25) is 0 Å². The van der Waals surface area contributed by atoms with E-state index >= 15 is 0 Å². The quantitative estimate of drug-likeness (QED) is 0.656. The number of thioether (sulfide) groups is 1. The Morgan fingerprint density at radius 1 is 1.62 bits per heavy atom. The minimum absolute atomic E-state index is 0.0188. The number of aromatic nitrogens is 2. The number of hydrogen-bond donors (Lipinski definition) is 2. The normalized spacial score (nSPS) is 19.0. The van der Waals surface area contributed by atoms with Gasteiger partial charge in [0, 0.05) is 11.9 Å². The molecule has 0 unspecified atom stereocenters. The van der Waals surface area contributed by atoms with Crippen LogP contribution in [0.15, 0.2) is 9.79 Å². The summed E-state index contributed by atoms with van der Waals surface area (Å²) in [7, 11) is 1.65. The van der Waals surface area contributed by atoms with Crippen LogP contribution < -0.4 is 11.3 Å². The molecule has 0 bridgehead atoms. The Labute approximate surface area is 131 Å². The van der Waals surface area contributed by atoms with Gasteiger partial charge in [0.25, 0.3) is 5.56 Å². The average molecular weight is 322 g/mol. The Balaban J connectivity index is 1.99. The average Bonchev–Trinajstić information content (AvgIpc) is 2.82. The molecule has 1 aliphatic rings. The van der Waals surface area contributed by atoms with Gasteiger partial charge in [-0.1, -0.05) is 18.7 Å². The molecule has 2 aromatic rings. The van der Waals surface area contributed by atoms with E-state index in [2.05, 4.69) is 21.9 Å². The van der Waals surface area contributed by atoms with E-state index in [4.69, 9.17) is 5.73 Å². The second kappa shape index (κ2) is 5.81. The number of nitrogens with zero attached hydrogens (tertiary/aromatic N) is 2. The second-order valence-electron chi connectivity index (χ2n) is 5.40. The molecule has 0 amide bonds. The summed E-state index contributed by atoms with van der Waals surface area (Å²) in [5, 5.41) is 1.30. The largest absolute Gasteiger partial charge is 0.379 e. The van der Waals surface area contributed by atoms with E-state index in [1.54, 1.807) is 18.4 Å². The van der Waals surface area contributed by atoms with E-state index in [-0.39, 0.29) is 5.56 Å². The maximum Gasteiger partial charge on any atom is 0.259 e. The Kier molecular flexibility index (Phi) is 4.03. The summed E-state index contributed by atoms with van der Waals surface area (Å²) < 4.78 is 0. The number of aryl methyl sites for hydroxylation is 1. The molecular formula is C14H18N4OS2. The van der Waals surface area contributed by atoms with E-state index in [9.17, 15) is 4.79 Å². The first-order valence-corrected chi connectivity index (χ1v) is 8.77. The van der Waals surface area contributed by atoms with Crippen molar-refractivity contribution >= 4 is 38.5 Å². The van der Waals surface area contributed by atoms with Gasteiger partial charge < -0.3 is 10.7 Å². The van der Waals surface area contributed by atoms with E-state index in [1.165, 1.54) is 22.2 Å². The van der Waals surface area contributed by atoms with Crippen LogP contribution in [0, 0.1) is 5.92 Å². The van der Waals surface area contributed by atoms with Crippen LogP contribution in [0.4, 0.5) is 0 Å². The third-order valence-corrected chi connectivity index (χ3v) is 5.84. The minimum Gasteiger partial charge on any atom is -0.379 e. The van der Waals surface area contributed by atoms with Crippen LogP contribution in [0.1, 0.15) is 29.6 Å². The summed E-state index contributed by atoms with van der Waals surface area (Å²) in [4.78, 5) is 25.9. The molecule has 0 radical (unpaired) electrons. The zero-order valence-electron chi connectivity index (χ0n) is 12.1. The number of H-pyrrole nitrogens is 1. The number of aliphatic imine (C=N–C) groups is 1. The fourth-order valence-electron chi connectivity index (χ4n) is 2.67. The lowest BCUT2D eigenvalue weighted by molar-refractivity contribution is 0.509. The molecule has 0 aliphatic heterocycles. The monoisotopic (exact) mass is 322 g/mol. The zero-order valence-corrected chi connectivity index (χ0v) is 13.7. The standard InChI is InChI=1S/C14H18N4OS2/c1-7-3-4-8-9(5-7)21-13-11(8)12(19)17-10(18-13)6-20-14(15)16-2/h7H,3-6H2,1-2H3,(H2,15,16)(H,17,18,19)/t7-/m1/s1. The topological polar surface area (TPSA) is 84.1 Å². The number of thiophene rings is 1. The molecule has 3 N–H and O–H groups in total. The predicted molar refractivity (Wildman–Crippen MR) is 90.3 cm³/mol. The predicted octanol–water partition coefficient (Wildman–Crippen LogP) is 2.29. The first-order chi connectivity index (χ1) is 10.1. The fourth-order valence-corrected chi connectivity index (χ4v) is 4.62. The molecule has 0 saturated heterocycles. The summed E-state index contributed by atoms with van der Waals surface area (Å²) in [6, 6.07) is 0. The van der Waals surface area contributed by atoms with Crippen LogP contribution in [0.25, 0.3) is 10.2 Å². The molecule has 5 nitrogen and oxygen atoms in total. The lowest BCUT2D eigenvalue weighted by atomic mass is 9.89. The van der Waals surface area contributed by atoms with Crippen molar-refractivity contribution in [2.24, 2.45) is 16.6 Å². The molecule has 2 aromatic heterocycles. The summed E-state index contributed by atoms with van der Waals surface area (Å²) in [6.07, 6.45) is 3.21. The van der Waals surface area contributed by atoms with Crippen molar-refractivity contribution < 1.29 is 0 Å². The number of aromatic amines is 1. The highest BCUT2D eigenvalue weighted by Crippen LogP contribution is 2.35. The molecule has 1 aliphatic carbocycles. The highest BCUT2D eigenvalue weighted by Gasteiger charge is 2.22. The van der Waals surface area contributed by atoms with Crippen LogP contribution in [0.5, 0.6) is 0 Å². The van der Waals surface area contributed by atoms with Gasteiger partial charge in [-0.25, -0.2) is 4.98 Å². The minimum atomic E-state index is -0.0188. The first-order valence-electron chi connectivity index (χ1n) is 6.97. The number of fused-ring (bicyclic) bond motifs is 3. The van der Waals surface area contributed by atoms with Gasteiger partial charge in [0.05, 0.1) is 11.1 Å². The number of nitrogens with one attached hydrogen (secondary N) is 1. The van der Waals surface area contributed by atoms with Gasteiger partial charge in [0.1, 0.15) is 10.7 Å². The Morgan fingerprint density at radius 3 is 3.19 bits per heavy atom. The van der Waals surface area contributed by atoms with Crippen molar-refractivity contribution in [3.63, 3.8) is 0 Å². The van der Waals surface area contributed by atoms with Crippen molar-refractivity contribution in [1.29, 1.82) is 0 Å². The molecule has 3 rings (SSSR count). The number of hydrogen-bond acceptors (Lipinski definition) is 5. The highest BCUT2D eigenvalue weighted by molar-refractivity contribution is 8.13. The van der Waals surface area contributed by atoms with Gasteiger partial charge in [-0.15, -0.1) is 11.3 Å². The van der Waals surface area contributed by atoms with E-state index in [1.807, 2.05) is 0 Å². The van der Waals surface area contributed by atoms with Gasteiger partial charge in [-0.3, -0.25) is 9.79 Å². The molecule has 21 heavy (non-hydrogen) atoms. The molecule has 0 spiro atoms. The summed E-state index contributed by atoms with van der Waals surface area (Å²) in [5.41, 5.74) is 6.86. The van der Waals surface area contributed by atoms with Crippen LogP contribution in [-0.2, 0) is 18.6 Å². The molecule has 0 aromatic carbocycles. The van der Waals surface area contributed by atoms with Crippen molar-refractivity contribution in [2.45, 2.75) is 31.9 Å². The van der Waals surface area contributed by atoms with E-state index in [0.29, 0.717) is 22.7 Å². The summed E-state index contributed by atoms with van der Waals surface area (Å²) in [5.74, 6) is 1.89. The summed E-state index contributed by atoms with van der Waals surface area (Å²) in [6.45, 7) is 2.26. The van der Waals surface area contributed by atoms with Gasteiger partial charge in [0.2, 0.25) is 0 Å². The molecule has 0 fully saturated rings. The highest BCUT2D eigenvalue weighted by atomic mass is 32.2. The van der Waals surface area contributed by atoms with Crippen LogP contribution in [0.3, 0.4) is 0 Å². The molecular weight excluding hydrogens is 304 g/mol. The van der Waals surface area contributed by atoms with Gasteiger partial charge in [0.15, 0.2) is 5.17 Å². The first kappa shape index (κ1) is 14.6. The van der Waals surface area contributed by atoms with Crippen molar-refractivity contribution in [3.8, 4) is 0 Å².